The summed E-state index contributed by atoms with van der Waals surface area (Å²) in [6.07, 6.45) is -0.797. The van der Waals surface area contributed by atoms with E-state index in [0.717, 1.165) is 4.47 Å². The van der Waals surface area contributed by atoms with E-state index in [1.165, 1.54) is 18.2 Å². The first kappa shape index (κ1) is 19.4. The van der Waals surface area contributed by atoms with Gasteiger partial charge in [0, 0.05) is 4.47 Å². The van der Waals surface area contributed by atoms with Crippen LogP contribution in [0.25, 0.3) is 0 Å². The number of ether oxygens (including phenoxy) is 1. The van der Waals surface area contributed by atoms with Crippen LogP contribution in [0.1, 0.15) is 12.5 Å². The van der Waals surface area contributed by atoms with E-state index in [4.69, 9.17) is 4.74 Å². The molecule has 0 aliphatic rings. The standard InChI is InChI=1S/C17H15Br2FN2O3/c1-10(25-13-4-2-3-12(18)9-13)17(24)22-21-16(23)8-11-5-6-15(20)14(19)7-11/h2-7,9-10H,8H2,1H3,(H,21,23)(H,22,24). The predicted octanol–water partition coefficient (Wildman–Crippen LogP) is 3.51. The molecule has 5 nitrogen and oxygen atoms in total. The maximum absolute atomic E-state index is 13.2. The Kier molecular flexibility index (Phi) is 6.95. The molecule has 0 radical (unpaired) electrons. The highest BCUT2D eigenvalue weighted by Crippen LogP contribution is 2.19. The minimum absolute atomic E-state index is 0.0000299. The number of hydrogen-bond donors (Lipinski definition) is 2. The molecule has 0 aromatic heterocycles. The van der Waals surface area contributed by atoms with Gasteiger partial charge in [0.2, 0.25) is 5.91 Å². The molecule has 0 aliphatic carbocycles. The Morgan fingerprint density at radius 2 is 1.92 bits per heavy atom. The molecule has 0 heterocycles. The number of carbonyl (C=O) groups is 2. The Hall–Kier alpha value is -1.93. The van der Waals surface area contributed by atoms with Crippen molar-refractivity contribution in [2.45, 2.75) is 19.4 Å². The van der Waals surface area contributed by atoms with Gasteiger partial charge in [-0.15, -0.1) is 0 Å². The smallest absolute Gasteiger partial charge is 0.279 e. The minimum atomic E-state index is -0.797. The Balaban J connectivity index is 1.82. The lowest BCUT2D eigenvalue weighted by atomic mass is 10.1. The van der Waals surface area contributed by atoms with Crippen molar-refractivity contribution in [1.29, 1.82) is 0 Å². The van der Waals surface area contributed by atoms with Crippen molar-refractivity contribution >= 4 is 43.7 Å². The number of benzene rings is 2. The zero-order valence-electron chi connectivity index (χ0n) is 13.2. The highest BCUT2D eigenvalue weighted by Gasteiger charge is 2.15. The summed E-state index contributed by atoms with van der Waals surface area (Å²) in [5.74, 6) is -0.800. The lowest BCUT2D eigenvalue weighted by Gasteiger charge is -2.15. The number of hydrogen-bond acceptors (Lipinski definition) is 3. The van der Waals surface area contributed by atoms with Crippen molar-refractivity contribution in [1.82, 2.24) is 10.9 Å². The topological polar surface area (TPSA) is 67.4 Å². The summed E-state index contributed by atoms with van der Waals surface area (Å²) in [4.78, 5) is 23.8. The van der Waals surface area contributed by atoms with Gasteiger partial charge in [-0.3, -0.25) is 20.4 Å². The third-order valence-electron chi connectivity index (χ3n) is 3.15. The van der Waals surface area contributed by atoms with E-state index in [2.05, 4.69) is 42.7 Å². The summed E-state index contributed by atoms with van der Waals surface area (Å²) >= 11 is 6.37. The average molecular weight is 474 g/mol. The maximum atomic E-state index is 13.2. The second kappa shape index (κ2) is 8.96. The van der Waals surface area contributed by atoms with Crippen molar-refractivity contribution in [3.63, 3.8) is 0 Å². The minimum Gasteiger partial charge on any atom is -0.481 e. The summed E-state index contributed by atoms with van der Waals surface area (Å²) in [7, 11) is 0. The van der Waals surface area contributed by atoms with Crippen LogP contribution in [-0.2, 0) is 16.0 Å². The molecule has 1 atom stereocenters. The van der Waals surface area contributed by atoms with Gasteiger partial charge in [0.15, 0.2) is 6.10 Å². The molecule has 2 rings (SSSR count). The van der Waals surface area contributed by atoms with E-state index >= 15 is 0 Å². The molecule has 0 saturated heterocycles. The molecule has 0 spiro atoms. The molecular formula is C17H15Br2FN2O3. The molecule has 2 aromatic carbocycles. The molecule has 132 valence electrons. The van der Waals surface area contributed by atoms with Crippen LogP contribution in [0.15, 0.2) is 51.4 Å². The maximum Gasteiger partial charge on any atom is 0.279 e. The molecule has 1 unspecified atom stereocenters. The van der Waals surface area contributed by atoms with E-state index in [1.807, 2.05) is 6.07 Å². The predicted molar refractivity (Wildman–Crippen MR) is 98.3 cm³/mol. The van der Waals surface area contributed by atoms with Crippen LogP contribution >= 0.6 is 31.9 Å². The second-order valence-electron chi connectivity index (χ2n) is 5.18. The number of nitrogens with one attached hydrogen (secondary N) is 2. The third-order valence-corrected chi connectivity index (χ3v) is 4.25. The second-order valence-corrected chi connectivity index (χ2v) is 6.95. The number of carbonyl (C=O) groups excluding carboxylic acids is 2. The van der Waals surface area contributed by atoms with E-state index in [0.29, 0.717) is 11.3 Å². The average Bonchev–Trinajstić information content (AvgIpc) is 2.56. The van der Waals surface area contributed by atoms with Gasteiger partial charge in [-0.2, -0.15) is 0 Å². The van der Waals surface area contributed by atoms with E-state index < -0.39 is 23.7 Å². The van der Waals surface area contributed by atoms with Crippen molar-refractivity contribution < 1.29 is 18.7 Å². The van der Waals surface area contributed by atoms with Crippen LogP contribution in [0, 0.1) is 5.82 Å². The molecule has 8 heteroatoms. The summed E-state index contributed by atoms with van der Waals surface area (Å²) < 4.78 is 19.8. The molecule has 25 heavy (non-hydrogen) atoms. The van der Waals surface area contributed by atoms with Crippen molar-refractivity contribution in [3.8, 4) is 5.75 Å². The number of hydrazine groups is 1. The first-order valence-electron chi connectivity index (χ1n) is 7.30. The van der Waals surface area contributed by atoms with Gasteiger partial charge in [-0.05, 0) is 58.7 Å². The summed E-state index contributed by atoms with van der Waals surface area (Å²) in [6, 6.07) is 11.3. The normalized spacial score (nSPS) is 11.5. The van der Waals surface area contributed by atoms with Crippen LogP contribution in [0.4, 0.5) is 4.39 Å². The fraction of sp³-hybridized carbons (Fsp3) is 0.176. The summed E-state index contributed by atoms with van der Waals surface area (Å²) in [6.45, 7) is 1.57. The highest BCUT2D eigenvalue weighted by atomic mass is 79.9. The quantitative estimate of drug-likeness (QED) is 0.653. The largest absolute Gasteiger partial charge is 0.481 e. The fourth-order valence-electron chi connectivity index (χ4n) is 1.91. The van der Waals surface area contributed by atoms with E-state index in [9.17, 15) is 14.0 Å². The Bertz CT molecular complexity index is 786. The van der Waals surface area contributed by atoms with Gasteiger partial charge in [0.25, 0.3) is 5.91 Å². The van der Waals surface area contributed by atoms with Crippen LogP contribution in [0.5, 0.6) is 5.75 Å². The monoisotopic (exact) mass is 472 g/mol. The van der Waals surface area contributed by atoms with E-state index in [-0.39, 0.29) is 10.9 Å². The Morgan fingerprint density at radius 1 is 1.16 bits per heavy atom. The summed E-state index contributed by atoms with van der Waals surface area (Å²) in [5, 5.41) is 0. The van der Waals surface area contributed by atoms with Crippen molar-refractivity contribution in [3.05, 3.63) is 62.8 Å². The molecule has 0 aliphatic heterocycles. The zero-order chi connectivity index (χ0) is 18.4. The molecule has 2 aromatic rings. The molecule has 0 saturated carbocycles. The number of amides is 2. The van der Waals surface area contributed by atoms with Gasteiger partial charge in [-0.25, -0.2) is 4.39 Å². The fourth-order valence-corrected chi connectivity index (χ4v) is 2.71. The molecular weight excluding hydrogens is 459 g/mol. The Morgan fingerprint density at radius 3 is 2.60 bits per heavy atom. The van der Waals surface area contributed by atoms with Gasteiger partial charge < -0.3 is 4.74 Å². The lowest BCUT2D eigenvalue weighted by molar-refractivity contribution is -0.132. The highest BCUT2D eigenvalue weighted by molar-refractivity contribution is 9.10. The molecule has 0 bridgehead atoms. The molecule has 0 fully saturated rings. The molecule has 2 N–H and O–H groups in total. The Labute approximate surface area is 161 Å². The number of halogens is 3. The van der Waals surface area contributed by atoms with Crippen LogP contribution in [0.3, 0.4) is 0 Å². The van der Waals surface area contributed by atoms with Crippen molar-refractivity contribution in [2.24, 2.45) is 0 Å². The lowest BCUT2D eigenvalue weighted by Crippen LogP contribution is -2.47. The van der Waals surface area contributed by atoms with Gasteiger partial charge >= 0.3 is 0 Å². The number of rotatable bonds is 5. The van der Waals surface area contributed by atoms with Gasteiger partial charge in [-0.1, -0.05) is 28.1 Å². The third kappa shape index (κ3) is 6.13. The summed E-state index contributed by atoms with van der Waals surface area (Å²) in [5.41, 5.74) is 5.22. The van der Waals surface area contributed by atoms with Gasteiger partial charge in [0.1, 0.15) is 11.6 Å². The first-order valence-corrected chi connectivity index (χ1v) is 8.88. The molecule has 2 amide bonds. The van der Waals surface area contributed by atoms with Crippen LogP contribution < -0.4 is 15.6 Å². The zero-order valence-corrected chi connectivity index (χ0v) is 16.4. The van der Waals surface area contributed by atoms with Crippen LogP contribution in [0.2, 0.25) is 0 Å². The van der Waals surface area contributed by atoms with E-state index in [1.54, 1.807) is 25.1 Å². The van der Waals surface area contributed by atoms with Crippen LogP contribution in [-0.4, -0.2) is 17.9 Å². The first-order chi connectivity index (χ1) is 11.8. The SMILES string of the molecule is CC(Oc1cccc(Br)c1)C(=O)NNC(=O)Cc1ccc(F)c(Br)c1. The van der Waals surface area contributed by atoms with Gasteiger partial charge in [0.05, 0.1) is 10.9 Å². The van der Waals surface area contributed by atoms with Crippen molar-refractivity contribution in [2.75, 3.05) is 0 Å².